The van der Waals surface area contributed by atoms with E-state index in [-0.39, 0.29) is 0 Å². The maximum atomic E-state index is 5.95. The van der Waals surface area contributed by atoms with Gasteiger partial charge in [-0.25, -0.2) is 0 Å². The van der Waals surface area contributed by atoms with Crippen molar-refractivity contribution in [3.63, 3.8) is 0 Å². The molecule has 0 spiro atoms. The van der Waals surface area contributed by atoms with Crippen LogP contribution in [0.4, 0.5) is 0 Å². The molecule has 2 aromatic carbocycles. The van der Waals surface area contributed by atoms with E-state index in [0.717, 1.165) is 24.7 Å². The summed E-state index contributed by atoms with van der Waals surface area (Å²) < 4.78 is 5.95. The molecule has 0 aromatic heterocycles. The fourth-order valence-electron chi connectivity index (χ4n) is 5.32. The molecule has 1 atom stereocenters. The minimum absolute atomic E-state index is 0.828. The van der Waals surface area contributed by atoms with Crippen LogP contribution < -0.4 is 4.74 Å². The maximum Gasteiger partial charge on any atom is 0.119 e. The zero-order valence-electron chi connectivity index (χ0n) is 22.7. The van der Waals surface area contributed by atoms with Gasteiger partial charge >= 0.3 is 0 Å². The summed E-state index contributed by atoms with van der Waals surface area (Å²) in [5.41, 5.74) is 5.51. The van der Waals surface area contributed by atoms with E-state index in [2.05, 4.69) is 68.5 Å². The molecule has 1 aliphatic carbocycles. The third-order valence-electron chi connectivity index (χ3n) is 7.70. The number of rotatable bonds is 17. The minimum Gasteiger partial charge on any atom is -0.494 e. The van der Waals surface area contributed by atoms with Crippen LogP contribution in [0.15, 0.2) is 54.6 Å². The zero-order chi connectivity index (χ0) is 24.6. The summed E-state index contributed by atoms with van der Waals surface area (Å²) in [6, 6.07) is 17.8. The van der Waals surface area contributed by atoms with Crippen molar-refractivity contribution in [3.8, 4) is 16.9 Å². The minimum atomic E-state index is 0.828. The van der Waals surface area contributed by atoms with E-state index < -0.39 is 0 Å². The molecule has 1 aliphatic rings. The van der Waals surface area contributed by atoms with Gasteiger partial charge in [-0.2, -0.15) is 0 Å². The summed E-state index contributed by atoms with van der Waals surface area (Å²) in [7, 11) is 0. The fourth-order valence-corrected chi connectivity index (χ4v) is 5.32. The molecule has 1 nitrogen and oxygen atoms in total. The Morgan fingerprint density at radius 1 is 0.629 bits per heavy atom. The third-order valence-corrected chi connectivity index (χ3v) is 7.70. The Morgan fingerprint density at radius 2 is 1.17 bits per heavy atom. The van der Waals surface area contributed by atoms with Crippen LogP contribution in [0.2, 0.25) is 0 Å². The van der Waals surface area contributed by atoms with Crippen LogP contribution in [0, 0.1) is 5.92 Å². The number of allylic oxidation sites excluding steroid dienone is 2. The highest BCUT2D eigenvalue weighted by atomic mass is 16.5. The first-order valence-electron chi connectivity index (χ1n) is 14.8. The van der Waals surface area contributed by atoms with Crippen molar-refractivity contribution in [2.24, 2.45) is 5.92 Å². The average Bonchev–Trinajstić information content (AvgIpc) is 2.91. The normalized spacial score (nSPS) is 15.7. The molecule has 1 heteroatoms. The van der Waals surface area contributed by atoms with E-state index in [1.807, 2.05) is 0 Å². The Balaban J connectivity index is 1.39. The first kappa shape index (κ1) is 27.6. The van der Waals surface area contributed by atoms with Crippen LogP contribution >= 0.6 is 0 Å². The van der Waals surface area contributed by atoms with Gasteiger partial charge in [0.15, 0.2) is 0 Å². The van der Waals surface area contributed by atoms with E-state index >= 15 is 0 Å². The van der Waals surface area contributed by atoms with Crippen LogP contribution in [0.3, 0.4) is 0 Å². The first-order chi connectivity index (χ1) is 17.3. The second-order valence-electron chi connectivity index (χ2n) is 10.6. The number of unbranched alkanes of at least 4 members (excludes halogenated alkanes) is 10. The topological polar surface area (TPSA) is 9.23 Å². The number of hydrogen-bond donors (Lipinski definition) is 0. The smallest absolute Gasteiger partial charge is 0.119 e. The number of hydrogen-bond acceptors (Lipinski definition) is 1. The Kier molecular flexibility index (Phi) is 13.1. The summed E-state index contributed by atoms with van der Waals surface area (Å²) in [5.74, 6) is 1.90. The van der Waals surface area contributed by atoms with Crippen molar-refractivity contribution < 1.29 is 4.74 Å². The molecule has 0 radical (unpaired) electrons. The number of benzene rings is 2. The molecule has 0 saturated carbocycles. The van der Waals surface area contributed by atoms with Crippen LogP contribution in [-0.2, 0) is 0 Å². The summed E-state index contributed by atoms with van der Waals surface area (Å²) in [6.45, 7) is 5.39. The molecule has 35 heavy (non-hydrogen) atoms. The highest BCUT2D eigenvalue weighted by molar-refractivity contribution is 5.71. The van der Waals surface area contributed by atoms with Gasteiger partial charge in [0.05, 0.1) is 6.61 Å². The molecule has 0 amide bonds. The lowest BCUT2D eigenvalue weighted by Gasteiger charge is -2.22. The molecular weight excluding hydrogens is 424 g/mol. The lowest BCUT2D eigenvalue weighted by atomic mass is 9.83. The molecule has 0 heterocycles. The zero-order valence-corrected chi connectivity index (χ0v) is 22.7. The molecule has 0 bridgehead atoms. The molecule has 0 aliphatic heterocycles. The fraction of sp³-hybridized carbons (Fsp3) is 0.588. The predicted molar refractivity (Wildman–Crippen MR) is 154 cm³/mol. The highest BCUT2D eigenvalue weighted by Crippen LogP contribution is 2.34. The molecule has 1 unspecified atom stereocenters. The van der Waals surface area contributed by atoms with Gasteiger partial charge in [-0.15, -0.1) is 0 Å². The van der Waals surface area contributed by atoms with Crippen molar-refractivity contribution in [2.75, 3.05) is 6.61 Å². The maximum absolute atomic E-state index is 5.95. The summed E-state index contributed by atoms with van der Waals surface area (Å²) in [5, 5.41) is 0. The second kappa shape index (κ2) is 16.6. The Bertz CT molecular complexity index is 830. The van der Waals surface area contributed by atoms with Gasteiger partial charge in [-0.05, 0) is 66.0 Å². The monoisotopic (exact) mass is 474 g/mol. The van der Waals surface area contributed by atoms with E-state index in [0.29, 0.717) is 0 Å². The largest absolute Gasteiger partial charge is 0.494 e. The van der Waals surface area contributed by atoms with E-state index in [9.17, 15) is 0 Å². The van der Waals surface area contributed by atoms with Gasteiger partial charge in [-0.3, -0.25) is 0 Å². The standard InChI is InChI=1S/C34H50O/c1-3-5-7-9-11-13-15-29-16-18-30(19-17-29)31-20-22-32(23-21-31)33-24-26-34(27-25-33)35-28-14-12-10-8-6-4-2/h18,20-27,29H,3-17,19,28H2,1-2H3. The lowest BCUT2D eigenvalue weighted by Crippen LogP contribution is -2.05. The summed E-state index contributed by atoms with van der Waals surface area (Å²) in [6.07, 6.45) is 24.1. The molecule has 0 N–H and O–H groups in total. The van der Waals surface area contributed by atoms with Gasteiger partial charge in [-0.1, -0.05) is 133 Å². The molecule has 2 aromatic rings. The third kappa shape index (κ3) is 10.2. The lowest BCUT2D eigenvalue weighted by molar-refractivity contribution is 0.304. The predicted octanol–water partition coefficient (Wildman–Crippen LogP) is 11.0. The van der Waals surface area contributed by atoms with E-state index in [1.165, 1.54) is 113 Å². The van der Waals surface area contributed by atoms with Crippen molar-refractivity contribution in [3.05, 3.63) is 60.2 Å². The van der Waals surface area contributed by atoms with Crippen molar-refractivity contribution in [1.29, 1.82) is 0 Å². The summed E-state index contributed by atoms with van der Waals surface area (Å²) in [4.78, 5) is 0. The van der Waals surface area contributed by atoms with Gasteiger partial charge in [0.1, 0.15) is 5.75 Å². The van der Waals surface area contributed by atoms with Crippen molar-refractivity contribution >= 4 is 5.57 Å². The Morgan fingerprint density at radius 3 is 1.77 bits per heavy atom. The van der Waals surface area contributed by atoms with Crippen LogP contribution in [-0.4, -0.2) is 6.61 Å². The Hall–Kier alpha value is -2.02. The SMILES string of the molecule is CCCCCCCCOc1ccc(-c2ccc(C3=CCC(CCCCCCCC)CC3)cc2)cc1. The molecule has 0 fully saturated rings. The molecule has 3 rings (SSSR count). The Labute approximate surface area is 216 Å². The van der Waals surface area contributed by atoms with E-state index in [4.69, 9.17) is 4.74 Å². The summed E-state index contributed by atoms with van der Waals surface area (Å²) >= 11 is 0. The van der Waals surface area contributed by atoms with E-state index in [1.54, 1.807) is 5.57 Å². The first-order valence-corrected chi connectivity index (χ1v) is 14.8. The molecule has 192 valence electrons. The van der Waals surface area contributed by atoms with Gasteiger partial charge in [0.2, 0.25) is 0 Å². The van der Waals surface area contributed by atoms with Gasteiger partial charge in [0, 0.05) is 0 Å². The molecule has 0 saturated heterocycles. The molecular formula is C34H50O. The highest BCUT2D eigenvalue weighted by Gasteiger charge is 2.15. The average molecular weight is 475 g/mol. The van der Waals surface area contributed by atoms with Crippen LogP contribution in [0.5, 0.6) is 5.75 Å². The van der Waals surface area contributed by atoms with Crippen LogP contribution in [0.25, 0.3) is 16.7 Å². The van der Waals surface area contributed by atoms with Crippen LogP contribution in [0.1, 0.15) is 122 Å². The quantitative estimate of drug-likeness (QED) is 0.207. The number of ether oxygens (including phenoxy) is 1. The van der Waals surface area contributed by atoms with Gasteiger partial charge in [0.25, 0.3) is 0 Å². The van der Waals surface area contributed by atoms with Gasteiger partial charge < -0.3 is 4.74 Å². The van der Waals surface area contributed by atoms with Crippen molar-refractivity contribution in [2.45, 2.75) is 117 Å². The van der Waals surface area contributed by atoms with Crippen molar-refractivity contribution in [1.82, 2.24) is 0 Å². The second-order valence-corrected chi connectivity index (χ2v) is 10.6.